The van der Waals surface area contributed by atoms with Crippen LogP contribution < -0.4 is 58.7 Å². The Balaban J connectivity index is 1.59. The number of nitrogens with one attached hydrogen (secondary N) is 8. The van der Waals surface area contributed by atoms with E-state index in [9.17, 15) is 72.9 Å². The summed E-state index contributed by atoms with van der Waals surface area (Å²) < 4.78 is 6.23. The molecule has 12 atom stereocenters. The van der Waals surface area contributed by atoms with E-state index in [1.54, 1.807) is 20.9 Å². The zero-order chi connectivity index (χ0) is 71.0. The lowest BCUT2D eigenvalue weighted by molar-refractivity contribution is -0.146. The summed E-state index contributed by atoms with van der Waals surface area (Å²) >= 11 is 2.80. The van der Waals surface area contributed by atoms with Gasteiger partial charge in [0.1, 0.15) is 73.2 Å². The molecule has 2 saturated heterocycles. The number of carboxylic acid groups (broad SMARTS) is 2. The minimum Gasteiger partial charge on any atom is -0.494 e. The molecular formula is C62H97N13O19S2. The highest BCUT2D eigenvalue weighted by Gasteiger charge is 2.44. The molecule has 2 bridgehead atoms. The Bertz CT molecular complexity index is 2850. The fourth-order valence-corrected chi connectivity index (χ4v) is 12.9. The van der Waals surface area contributed by atoms with E-state index in [0.717, 1.165) is 55.4 Å². The number of rotatable bonds is 32. The number of unbranched alkanes of at least 4 members (excludes halogenated alkanes) is 1. The van der Waals surface area contributed by atoms with Gasteiger partial charge in [0.05, 0.1) is 37.3 Å². The maximum atomic E-state index is 15.1. The zero-order valence-corrected chi connectivity index (χ0v) is 56.7. The number of carbonyl (C=O) groups excluding carboxylic acids is 11. The molecule has 0 unspecified atom stereocenters. The Morgan fingerprint density at radius 2 is 1.43 bits per heavy atom. The summed E-state index contributed by atoms with van der Waals surface area (Å²) in [6.07, 6.45) is 0.751. The highest BCUT2D eigenvalue weighted by atomic mass is 32.2. The maximum absolute atomic E-state index is 15.1. The number of aliphatic hydroxyl groups is 2. The monoisotopic (exact) mass is 1390 g/mol. The number of likely N-dealkylation sites (tertiary alicyclic amines) is 2. The van der Waals surface area contributed by atoms with Crippen molar-refractivity contribution in [1.29, 1.82) is 0 Å². The normalized spacial score (nSPS) is 21.1. The van der Waals surface area contributed by atoms with E-state index in [0.29, 0.717) is 68.1 Å². The van der Waals surface area contributed by atoms with Crippen LogP contribution in [-0.4, -0.2) is 238 Å². The lowest BCUT2D eigenvalue weighted by atomic mass is 10.0. The SMILES string of the molecule is CN[C@@H](CSCc1cc2cc(c1)OCCCCCCO/N=C/C(=O)N[C@@H](CCCCN)C(=O)N[C@H](C(=O)N1CCC[C@H]1C(=O)N[C@@H](CC(C)C)C(=O)N[C@@H](CC(=O)O)C(=O)N[C@H](C(=O)N1CCC[C@H]1C(=O)N[C@H](C(=O)N[C@H](C=O)CCC(=O)O)[C@@H](C)O)[C@@H](C)O)CSC2)C(N)=O. The molecule has 0 aliphatic carbocycles. The average Bonchev–Trinajstić information content (AvgIpc) is 1.67. The van der Waals surface area contributed by atoms with Crippen molar-refractivity contribution in [1.82, 2.24) is 52.3 Å². The number of aliphatic carboxylic acids is 2. The quantitative estimate of drug-likeness (QED) is 0.0275. The number of nitrogens with zero attached hydrogens (tertiary/aromatic N) is 3. The molecule has 3 heterocycles. The number of ether oxygens (including phenoxy) is 1. The maximum Gasteiger partial charge on any atom is 0.305 e. The van der Waals surface area contributed by atoms with Crippen molar-refractivity contribution < 1.29 is 92.3 Å². The lowest BCUT2D eigenvalue weighted by Gasteiger charge is -2.32. The van der Waals surface area contributed by atoms with Crippen molar-refractivity contribution >= 4 is 107 Å². The van der Waals surface area contributed by atoms with Gasteiger partial charge >= 0.3 is 11.9 Å². The molecular weight excluding hydrogens is 1290 g/mol. The number of fused-ring (bicyclic) bond motifs is 2. The summed E-state index contributed by atoms with van der Waals surface area (Å²) in [6.45, 7) is 6.62. The van der Waals surface area contributed by atoms with E-state index in [2.05, 4.69) is 47.7 Å². The zero-order valence-electron chi connectivity index (χ0n) is 55.1. The minimum absolute atomic E-state index is 0.00439. The second kappa shape index (κ2) is 42.1. The van der Waals surface area contributed by atoms with Crippen LogP contribution in [0.4, 0.5) is 0 Å². The molecule has 4 rings (SSSR count). The molecule has 1 aromatic rings. The van der Waals surface area contributed by atoms with Crippen LogP contribution >= 0.6 is 23.5 Å². The second-order valence-corrected chi connectivity index (χ2v) is 26.4. The first kappa shape index (κ1) is 80.8. The molecule has 3 aliphatic rings. The number of carboxylic acids is 2. The molecule has 34 heteroatoms. The molecule has 16 N–H and O–H groups in total. The number of carbonyl (C=O) groups is 13. The summed E-state index contributed by atoms with van der Waals surface area (Å²) in [6, 6.07) is -8.05. The molecule has 0 radical (unpaired) electrons. The van der Waals surface area contributed by atoms with Gasteiger partial charge in [-0.2, -0.15) is 23.5 Å². The predicted octanol–water partition coefficient (Wildman–Crippen LogP) is -1.97. The number of primary amides is 1. The van der Waals surface area contributed by atoms with Gasteiger partial charge in [0.25, 0.3) is 5.91 Å². The van der Waals surface area contributed by atoms with Crippen LogP contribution in [0.25, 0.3) is 0 Å². The summed E-state index contributed by atoms with van der Waals surface area (Å²) in [7, 11) is 1.65. The van der Waals surface area contributed by atoms with Gasteiger partial charge in [0.2, 0.25) is 53.2 Å². The Kier molecular flexibility index (Phi) is 35.4. The van der Waals surface area contributed by atoms with Crippen LogP contribution in [0.2, 0.25) is 0 Å². The predicted molar refractivity (Wildman–Crippen MR) is 353 cm³/mol. The Morgan fingerprint density at radius 3 is 2.05 bits per heavy atom. The molecule has 0 aromatic heterocycles. The van der Waals surface area contributed by atoms with Crippen molar-refractivity contribution in [2.45, 2.75) is 208 Å². The Morgan fingerprint density at radius 1 is 0.771 bits per heavy atom. The van der Waals surface area contributed by atoms with Crippen molar-refractivity contribution in [3.05, 3.63) is 29.3 Å². The number of benzene rings is 1. The number of aldehydes is 1. The van der Waals surface area contributed by atoms with Gasteiger partial charge in [0, 0.05) is 42.5 Å². The minimum atomic E-state index is -1.94. The van der Waals surface area contributed by atoms with Crippen molar-refractivity contribution in [3.8, 4) is 5.75 Å². The number of hydrogen-bond donors (Lipinski definition) is 14. The highest BCUT2D eigenvalue weighted by molar-refractivity contribution is 7.98. The van der Waals surface area contributed by atoms with E-state index in [-0.39, 0.29) is 69.9 Å². The topological polar surface area (TPSA) is 488 Å². The summed E-state index contributed by atoms with van der Waals surface area (Å²) in [5.41, 5.74) is 13.1. The van der Waals surface area contributed by atoms with Gasteiger partial charge in [-0.3, -0.25) is 57.5 Å². The summed E-state index contributed by atoms with van der Waals surface area (Å²) in [4.78, 5) is 181. The number of oxime groups is 1. The summed E-state index contributed by atoms with van der Waals surface area (Å²) in [5, 5.41) is 64.6. The third kappa shape index (κ3) is 27.5. The van der Waals surface area contributed by atoms with Crippen LogP contribution in [-0.2, 0) is 78.7 Å². The van der Waals surface area contributed by atoms with Gasteiger partial charge in [-0.15, -0.1) is 0 Å². The molecule has 32 nitrogen and oxygen atoms in total. The number of aliphatic hydroxyl groups excluding tert-OH is 2. The van der Waals surface area contributed by atoms with E-state index in [1.165, 1.54) is 28.4 Å². The molecule has 0 saturated carbocycles. The molecule has 0 spiro atoms. The first-order valence-electron chi connectivity index (χ1n) is 32.4. The molecule has 10 amide bonds. The molecule has 2 fully saturated rings. The molecule has 3 aliphatic heterocycles. The third-order valence-electron chi connectivity index (χ3n) is 16.0. The first-order valence-corrected chi connectivity index (χ1v) is 34.7. The van der Waals surface area contributed by atoms with Crippen LogP contribution in [0.5, 0.6) is 5.75 Å². The number of nitrogens with two attached hydrogens (primary N) is 2. The van der Waals surface area contributed by atoms with Crippen LogP contribution in [0, 0.1) is 5.92 Å². The average molecular weight is 1390 g/mol. The largest absolute Gasteiger partial charge is 0.494 e. The first-order chi connectivity index (χ1) is 45.7. The Hall–Kier alpha value is -7.66. The van der Waals surface area contributed by atoms with E-state index >= 15 is 4.79 Å². The van der Waals surface area contributed by atoms with Crippen LogP contribution in [0.1, 0.15) is 135 Å². The van der Waals surface area contributed by atoms with Gasteiger partial charge in [-0.05, 0) is 140 Å². The van der Waals surface area contributed by atoms with E-state index in [4.69, 9.17) is 26.1 Å². The van der Waals surface area contributed by atoms with Gasteiger partial charge in [-0.25, -0.2) is 0 Å². The van der Waals surface area contributed by atoms with Crippen molar-refractivity contribution in [2.75, 3.05) is 51.4 Å². The second-order valence-electron chi connectivity index (χ2n) is 24.4. The fourth-order valence-electron chi connectivity index (χ4n) is 10.9. The smallest absolute Gasteiger partial charge is 0.305 e. The van der Waals surface area contributed by atoms with E-state index < -0.39 is 156 Å². The van der Waals surface area contributed by atoms with Gasteiger partial charge in [0.15, 0.2) is 0 Å². The molecule has 1 aromatic carbocycles. The lowest BCUT2D eigenvalue weighted by Crippen LogP contribution is -2.62. The fraction of sp³-hybridized carbons (Fsp3) is 0.677. The van der Waals surface area contributed by atoms with Crippen LogP contribution in [0.3, 0.4) is 0 Å². The van der Waals surface area contributed by atoms with Crippen LogP contribution in [0.15, 0.2) is 23.4 Å². The number of likely N-dealkylation sites (N-methyl/N-ethyl adjacent to an activating group) is 1. The van der Waals surface area contributed by atoms with Crippen molar-refractivity contribution in [2.24, 2.45) is 22.5 Å². The standard InChI is InChI=1S/C62H97N13O19S2/c1-35(2)24-43(56(86)69-44(28-51(82)83)57(87)73-53(37(4)78)62(92)75-21-13-16-48(75)59(89)72-52(36(3)77)60(90)67-40(30-76)17-18-50(80)81)70-58(88)47-15-12-20-74(47)61(91)46-34-96-32-39-25-38(31-95-33-45(65-5)54(64)84)26-41(27-39)93-22-10-6-7-11-23-94-66-29-49(79)68-42(55(85)71-46)14-8-9-19-63/h25-27,29-30,35-37,40,42-48,52-53,65,77-78H,6-24,28,31-34,63H2,1-5H3,(H2,64,84)(H,67,90)(H,68,79)(H,69,86)(H,70,88)(H,71,85)(H,72,89)(H,73,87)(H,80,81)(H,82,83)/b66-29+/t36-,37-,40+,42+,43+,44+,45+,46+,47+,48+,52+,53+/m1/s1. The summed E-state index contributed by atoms with van der Waals surface area (Å²) in [5.74, 6) is -10.1. The molecule has 96 heavy (non-hydrogen) atoms. The van der Waals surface area contributed by atoms with Gasteiger partial charge < -0.3 is 98.6 Å². The third-order valence-corrected chi connectivity index (χ3v) is 18.2. The van der Waals surface area contributed by atoms with E-state index in [1.807, 2.05) is 18.2 Å². The van der Waals surface area contributed by atoms with Crippen molar-refractivity contribution in [3.63, 3.8) is 0 Å². The highest BCUT2D eigenvalue weighted by Crippen LogP contribution is 2.27. The Labute approximate surface area is 566 Å². The number of thioether (sulfide) groups is 2. The molecule has 536 valence electrons. The number of hydrogen-bond acceptors (Lipinski definition) is 22. The van der Waals surface area contributed by atoms with Gasteiger partial charge in [-0.1, -0.05) is 25.1 Å². The number of amides is 10.